The number of hydrogen-bond donors (Lipinski definition) is 3. The number of carbonyl (C=O) groups excluding carboxylic acids is 1. The standard InChI is InChI=1S/C27H32ClN3O3S/c1-4-19-6-9-25(28)24(13-19)18(3)30-27(32)31-23-8-10-26(17(2)11-23)35(33,34)16-20-5-7-21-14-29-15-22(21)12-20/h5-10,12-13,17-18,29H,4,11,14-16H2,1-3H3,(H2,30,31,32). The van der Waals surface area contributed by atoms with E-state index in [1.54, 1.807) is 12.2 Å². The van der Waals surface area contributed by atoms with E-state index in [9.17, 15) is 13.2 Å². The van der Waals surface area contributed by atoms with E-state index in [1.807, 2.05) is 50.2 Å². The highest BCUT2D eigenvalue weighted by Gasteiger charge is 2.27. The average Bonchev–Trinajstić information content (AvgIpc) is 3.26. The lowest BCUT2D eigenvalue weighted by Crippen LogP contribution is -2.37. The van der Waals surface area contributed by atoms with Crippen LogP contribution >= 0.6 is 11.6 Å². The second kappa shape index (κ2) is 10.6. The van der Waals surface area contributed by atoms with Gasteiger partial charge in [-0.05, 0) is 71.7 Å². The van der Waals surface area contributed by atoms with E-state index >= 15 is 0 Å². The number of urea groups is 1. The van der Waals surface area contributed by atoms with Crippen LogP contribution in [0.1, 0.15) is 61.1 Å². The molecule has 2 unspecified atom stereocenters. The SMILES string of the molecule is CCc1ccc(Cl)c(C(C)NC(=O)NC2=CC=C(S(=O)(=O)Cc3ccc4c(c3)CNC4)C(C)C2)c1. The zero-order chi connectivity index (χ0) is 25.2. The van der Waals surface area contributed by atoms with Crippen LogP contribution in [0.15, 0.2) is 59.2 Å². The second-order valence-electron chi connectivity index (χ2n) is 9.36. The molecule has 2 aromatic rings. The zero-order valence-electron chi connectivity index (χ0n) is 20.3. The lowest BCUT2D eigenvalue weighted by atomic mass is 10.00. The van der Waals surface area contributed by atoms with Gasteiger partial charge in [-0.2, -0.15) is 0 Å². The Balaban J connectivity index is 1.41. The van der Waals surface area contributed by atoms with Crippen LogP contribution < -0.4 is 16.0 Å². The van der Waals surface area contributed by atoms with Crippen LogP contribution in [-0.4, -0.2) is 14.4 Å². The van der Waals surface area contributed by atoms with Gasteiger partial charge in [0.2, 0.25) is 0 Å². The van der Waals surface area contributed by atoms with Crippen molar-refractivity contribution in [1.82, 2.24) is 16.0 Å². The number of rotatable bonds is 7. The number of benzene rings is 2. The largest absolute Gasteiger partial charge is 0.331 e. The summed E-state index contributed by atoms with van der Waals surface area (Å²) in [6.07, 6.45) is 4.63. The third kappa shape index (κ3) is 5.97. The molecule has 0 radical (unpaired) electrons. The molecule has 8 heteroatoms. The highest BCUT2D eigenvalue weighted by atomic mass is 35.5. The summed E-state index contributed by atoms with van der Waals surface area (Å²) in [5.41, 5.74) is 5.88. The van der Waals surface area contributed by atoms with Gasteiger partial charge < -0.3 is 16.0 Å². The van der Waals surface area contributed by atoms with E-state index in [1.165, 1.54) is 5.56 Å². The molecular formula is C27H32ClN3O3S. The fourth-order valence-corrected chi connectivity index (χ4v) is 6.73. The molecule has 0 bridgehead atoms. The van der Waals surface area contributed by atoms with Crippen molar-refractivity contribution in [3.8, 4) is 0 Å². The number of aryl methyl sites for hydroxylation is 1. The van der Waals surface area contributed by atoms with Gasteiger partial charge in [0, 0.05) is 28.7 Å². The number of allylic oxidation sites excluding steroid dienone is 4. The van der Waals surface area contributed by atoms with Crippen molar-refractivity contribution in [3.05, 3.63) is 92.0 Å². The Morgan fingerprint density at radius 1 is 1.11 bits per heavy atom. The summed E-state index contributed by atoms with van der Waals surface area (Å²) >= 11 is 6.34. The Morgan fingerprint density at radius 2 is 1.86 bits per heavy atom. The number of hydrogen-bond acceptors (Lipinski definition) is 4. The van der Waals surface area contributed by atoms with Crippen molar-refractivity contribution in [1.29, 1.82) is 0 Å². The maximum atomic E-state index is 13.2. The molecule has 0 fully saturated rings. The van der Waals surface area contributed by atoms with Crippen LogP contribution in [0, 0.1) is 5.92 Å². The van der Waals surface area contributed by atoms with Crippen LogP contribution in [0.2, 0.25) is 5.02 Å². The minimum Gasteiger partial charge on any atom is -0.331 e. The molecule has 0 saturated carbocycles. The topological polar surface area (TPSA) is 87.3 Å². The Hall–Kier alpha value is -2.61. The van der Waals surface area contributed by atoms with E-state index in [-0.39, 0.29) is 23.7 Å². The third-order valence-electron chi connectivity index (χ3n) is 6.63. The van der Waals surface area contributed by atoms with Crippen molar-refractivity contribution in [2.24, 2.45) is 5.92 Å². The molecular weight excluding hydrogens is 482 g/mol. The molecule has 6 nitrogen and oxygen atoms in total. The Kier molecular flexibility index (Phi) is 7.69. The lowest BCUT2D eigenvalue weighted by molar-refractivity contribution is 0.240. The number of sulfone groups is 1. The molecule has 186 valence electrons. The van der Waals surface area contributed by atoms with E-state index < -0.39 is 9.84 Å². The summed E-state index contributed by atoms with van der Waals surface area (Å²) < 4.78 is 26.3. The van der Waals surface area contributed by atoms with Gasteiger partial charge in [0.25, 0.3) is 0 Å². The minimum atomic E-state index is -3.47. The van der Waals surface area contributed by atoms with Gasteiger partial charge in [0.1, 0.15) is 0 Å². The Labute approximate surface area is 212 Å². The molecule has 2 amide bonds. The second-order valence-corrected chi connectivity index (χ2v) is 11.8. The average molecular weight is 514 g/mol. The molecule has 2 atom stereocenters. The maximum absolute atomic E-state index is 13.2. The van der Waals surface area contributed by atoms with Gasteiger partial charge in [-0.25, -0.2) is 13.2 Å². The number of halogens is 1. The molecule has 1 aliphatic carbocycles. The molecule has 0 spiro atoms. The molecule has 2 aromatic carbocycles. The zero-order valence-corrected chi connectivity index (χ0v) is 21.9. The van der Waals surface area contributed by atoms with Crippen molar-refractivity contribution in [3.63, 3.8) is 0 Å². The predicted octanol–water partition coefficient (Wildman–Crippen LogP) is 5.29. The van der Waals surface area contributed by atoms with Gasteiger partial charge in [0.15, 0.2) is 9.84 Å². The molecule has 4 rings (SSSR count). The number of fused-ring (bicyclic) bond motifs is 1. The molecule has 35 heavy (non-hydrogen) atoms. The van der Waals surface area contributed by atoms with Gasteiger partial charge in [-0.1, -0.05) is 55.8 Å². The Morgan fingerprint density at radius 3 is 2.60 bits per heavy atom. The van der Waals surface area contributed by atoms with Crippen molar-refractivity contribution in [2.75, 3.05) is 0 Å². The predicted molar refractivity (Wildman–Crippen MR) is 140 cm³/mol. The molecule has 0 saturated heterocycles. The Bertz CT molecular complexity index is 1300. The summed E-state index contributed by atoms with van der Waals surface area (Å²) in [7, 11) is -3.47. The molecule has 1 heterocycles. The highest BCUT2D eigenvalue weighted by molar-refractivity contribution is 7.94. The normalized spacial score (nSPS) is 18.3. The summed E-state index contributed by atoms with van der Waals surface area (Å²) in [5, 5.41) is 9.69. The van der Waals surface area contributed by atoms with Crippen LogP contribution in [0.3, 0.4) is 0 Å². The first-order valence-electron chi connectivity index (χ1n) is 12.0. The van der Waals surface area contributed by atoms with E-state index in [2.05, 4.69) is 22.9 Å². The first-order chi connectivity index (χ1) is 16.7. The fourth-order valence-electron chi connectivity index (χ4n) is 4.69. The van der Waals surface area contributed by atoms with Crippen molar-refractivity contribution < 1.29 is 13.2 Å². The first-order valence-corrected chi connectivity index (χ1v) is 14.0. The van der Waals surface area contributed by atoms with Crippen LogP contribution in [0.5, 0.6) is 0 Å². The highest BCUT2D eigenvalue weighted by Crippen LogP contribution is 2.31. The monoisotopic (exact) mass is 513 g/mol. The molecule has 3 N–H and O–H groups in total. The van der Waals surface area contributed by atoms with Gasteiger partial charge in [0.05, 0.1) is 11.8 Å². The third-order valence-corrected chi connectivity index (χ3v) is 8.95. The molecule has 1 aliphatic heterocycles. The van der Waals surface area contributed by atoms with E-state index in [0.29, 0.717) is 22.0 Å². The summed E-state index contributed by atoms with van der Waals surface area (Å²) in [6.45, 7) is 7.44. The van der Waals surface area contributed by atoms with Crippen LogP contribution in [0.4, 0.5) is 4.79 Å². The molecule has 2 aliphatic rings. The summed E-state index contributed by atoms with van der Waals surface area (Å²) in [6, 6.07) is 11.1. The lowest BCUT2D eigenvalue weighted by Gasteiger charge is -2.23. The van der Waals surface area contributed by atoms with E-state index in [4.69, 9.17) is 11.6 Å². The van der Waals surface area contributed by atoms with Gasteiger partial charge in [-0.3, -0.25) is 0 Å². The van der Waals surface area contributed by atoms with E-state index in [0.717, 1.165) is 41.8 Å². The fraction of sp³-hybridized carbons (Fsp3) is 0.370. The van der Waals surface area contributed by atoms with Crippen molar-refractivity contribution >= 4 is 27.5 Å². The number of nitrogens with one attached hydrogen (secondary N) is 3. The number of carbonyl (C=O) groups is 1. The van der Waals surface area contributed by atoms with Crippen LogP contribution in [-0.2, 0) is 35.1 Å². The summed E-state index contributed by atoms with van der Waals surface area (Å²) in [4.78, 5) is 13.0. The number of amides is 2. The quantitative estimate of drug-likeness (QED) is 0.469. The molecule has 0 aromatic heterocycles. The van der Waals surface area contributed by atoms with Gasteiger partial charge >= 0.3 is 6.03 Å². The minimum absolute atomic E-state index is 0.0252. The summed E-state index contributed by atoms with van der Waals surface area (Å²) in [5.74, 6) is -0.257. The maximum Gasteiger partial charge on any atom is 0.319 e. The first kappa shape index (κ1) is 25.5. The smallest absolute Gasteiger partial charge is 0.319 e. The van der Waals surface area contributed by atoms with Gasteiger partial charge in [-0.15, -0.1) is 0 Å². The van der Waals surface area contributed by atoms with Crippen molar-refractivity contribution in [2.45, 2.75) is 58.5 Å². The van der Waals surface area contributed by atoms with Crippen LogP contribution in [0.25, 0.3) is 0 Å².